The third-order valence-electron chi connectivity index (χ3n) is 16.4. The summed E-state index contributed by atoms with van der Waals surface area (Å²) >= 11 is 0. The van der Waals surface area contributed by atoms with Gasteiger partial charge in [-0.3, -0.25) is 28.8 Å². The Morgan fingerprint density at radius 3 is 0.875 bits per heavy atom. The fourth-order valence-corrected chi connectivity index (χ4v) is 9.32. The van der Waals surface area contributed by atoms with E-state index in [0.29, 0.717) is 42.4 Å². The molecular weight excluding hydrogens is 1100 g/mol. The average Bonchev–Trinajstić information content (AvgIpc) is 3.61. The Labute approximate surface area is 529 Å². The first kappa shape index (κ1) is 80.9. The zero-order valence-corrected chi connectivity index (χ0v) is 56.6. The van der Waals surface area contributed by atoms with E-state index in [-0.39, 0.29) is 60.2 Å². The van der Waals surface area contributed by atoms with Crippen LogP contribution in [0.2, 0.25) is 0 Å². The second kappa shape index (κ2) is 43.5. The average molecular weight is 1220 g/mol. The Balaban J connectivity index is 0.00000104. The Morgan fingerprint density at radius 1 is 0.318 bits per heavy atom. The summed E-state index contributed by atoms with van der Waals surface area (Å²) in [6.07, 6.45) is 6.08. The topological polar surface area (TPSA) is 224 Å². The minimum absolute atomic E-state index is 0.170. The molecule has 5 aromatic rings. The summed E-state index contributed by atoms with van der Waals surface area (Å²) in [4.78, 5) is 64.4. The summed E-state index contributed by atoms with van der Waals surface area (Å²) < 4.78 is 0. The molecule has 0 aliphatic heterocycles. The van der Waals surface area contributed by atoms with Crippen molar-refractivity contribution >= 4 is 35.8 Å². The molecule has 0 aromatic heterocycles. The van der Waals surface area contributed by atoms with Crippen LogP contribution in [-0.4, -0.2) is 66.5 Å². The zero-order chi connectivity index (χ0) is 67.4. The number of aliphatic carboxylic acids is 6. The summed E-state index contributed by atoms with van der Waals surface area (Å²) in [6, 6.07) is 43.2. The molecule has 12 heteroatoms. The number of carboxylic acids is 6. The van der Waals surface area contributed by atoms with Crippen LogP contribution in [-0.2, 0) is 60.9 Å². The number of carbonyl (C=O) groups is 6. The minimum atomic E-state index is -0.708. The first-order chi connectivity index (χ1) is 41.0. The minimum Gasteiger partial charge on any atom is -0.481 e. The Hall–Kier alpha value is -7.08. The zero-order valence-electron chi connectivity index (χ0n) is 56.6. The monoisotopic (exact) mass is 1220 g/mol. The number of carboxylic acid groups (broad SMARTS) is 6. The molecule has 7 atom stereocenters. The molecule has 0 bridgehead atoms. The van der Waals surface area contributed by atoms with Crippen LogP contribution in [0.5, 0.6) is 0 Å². The van der Waals surface area contributed by atoms with E-state index in [1.54, 1.807) is 13.8 Å². The van der Waals surface area contributed by atoms with E-state index < -0.39 is 35.8 Å². The van der Waals surface area contributed by atoms with E-state index >= 15 is 0 Å². The van der Waals surface area contributed by atoms with Crippen LogP contribution in [0.1, 0.15) is 173 Å². The van der Waals surface area contributed by atoms with Crippen molar-refractivity contribution in [1.82, 2.24) is 0 Å². The highest BCUT2D eigenvalue weighted by molar-refractivity contribution is 5.71. The number of benzene rings is 5. The lowest BCUT2D eigenvalue weighted by Gasteiger charge is -2.23. The standard InChI is InChI=1S/C16H24O2.C15H22O2.C14H20O2.C13H18O2.C12H16O2.C6H12O2/c1-11(2)15(9-13(4)16(17)18)10-14-7-5-12(3)6-8-14;1-11(2)14(8-9-15(16)17)10-13-6-4-12(3)5-7-13;1-10(2)13(9-14(15)16)8-12-6-4-11(3)5-7-12;1-9(2)12(13(14)15)8-11-6-4-10(3)5-7-11;1-9(2)11(12(13)14)8-10-6-4-3-5-7-10;1-4(2)5(3)6(7)8/h5-8,11,13,15H,9-10H2,1-4H3,(H,17,18);4-7,11,14H,8-10H2,1-3H3,(H,16,17);4-7,10,13H,8-9H2,1-3H3,(H,15,16);4-7,9,12H,8H2,1-3H3,(H,14,15);3-7,9,11H,8H2,1-2H3,(H,13,14);4-5H,1-3H3,(H,7,8)/t13?,15-;14-;13-;12-;11-;5-/m110111/s1. The van der Waals surface area contributed by atoms with Gasteiger partial charge in [0.2, 0.25) is 0 Å². The molecule has 0 amide bonds. The number of aryl methyl sites for hydroxylation is 4. The maximum absolute atomic E-state index is 11.0. The van der Waals surface area contributed by atoms with Crippen LogP contribution < -0.4 is 0 Å². The third-order valence-corrected chi connectivity index (χ3v) is 16.4. The van der Waals surface area contributed by atoms with Crippen LogP contribution in [0.15, 0.2) is 127 Å². The van der Waals surface area contributed by atoms with Gasteiger partial charge in [-0.05, 0) is 154 Å². The number of hydrogen-bond acceptors (Lipinski definition) is 6. The van der Waals surface area contributed by atoms with Crippen LogP contribution in [0.25, 0.3) is 0 Å². The highest BCUT2D eigenvalue weighted by Crippen LogP contribution is 2.27. The van der Waals surface area contributed by atoms with Gasteiger partial charge in [0.1, 0.15) is 0 Å². The van der Waals surface area contributed by atoms with Gasteiger partial charge in [-0.1, -0.05) is 247 Å². The highest BCUT2D eigenvalue weighted by atomic mass is 16.4. The predicted octanol–water partition coefficient (Wildman–Crippen LogP) is 17.7. The van der Waals surface area contributed by atoms with Gasteiger partial charge in [0, 0.05) is 12.8 Å². The van der Waals surface area contributed by atoms with Crippen molar-refractivity contribution in [3.8, 4) is 0 Å². The second-order valence-corrected chi connectivity index (χ2v) is 26.2. The van der Waals surface area contributed by atoms with Gasteiger partial charge >= 0.3 is 35.8 Å². The highest BCUT2D eigenvalue weighted by Gasteiger charge is 2.24. The molecule has 12 nitrogen and oxygen atoms in total. The molecule has 0 radical (unpaired) electrons. The van der Waals surface area contributed by atoms with E-state index in [1.807, 2.05) is 103 Å². The van der Waals surface area contributed by atoms with E-state index in [9.17, 15) is 28.8 Å². The van der Waals surface area contributed by atoms with Gasteiger partial charge in [0.15, 0.2) is 0 Å². The van der Waals surface area contributed by atoms with Crippen molar-refractivity contribution in [3.63, 3.8) is 0 Å². The third kappa shape index (κ3) is 36.9. The maximum atomic E-state index is 11.0. The van der Waals surface area contributed by atoms with Gasteiger partial charge in [-0.15, -0.1) is 0 Å². The molecule has 488 valence electrons. The summed E-state index contributed by atoms with van der Waals surface area (Å²) in [5.74, 6) is -2.12. The molecular formula is C76H112O12. The lowest BCUT2D eigenvalue weighted by atomic mass is 9.82. The summed E-state index contributed by atoms with van der Waals surface area (Å²) in [7, 11) is 0. The molecule has 5 rings (SSSR count). The van der Waals surface area contributed by atoms with Gasteiger partial charge < -0.3 is 30.6 Å². The molecule has 0 spiro atoms. The molecule has 88 heavy (non-hydrogen) atoms. The van der Waals surface area contributed by atoms with Crippen molar-refractivity contribution in [3.05, 3.63) is 177 Å². The first-order valence-corrected chi connectivity index (χ1v) is 31.6. The van der Waals surface area contributed by atoms with Gasteiger partial charge in [-0.25, -0.2) is 0 Å². The van der Waals surface area contributed by atoms with Crippen molar-refractivity contribution in [2.75, 3.05) is 0 Å². The summed E-state index contributed by atoms with van der Waals surface area (Å²) in [6.45, 7) is 36.2. The van der Waals surface area contributed by atoms with Crippen LogP contribution in [0.3, 0.4) is 0 Å². The van der Waals surface area contributed by atoms with E-state index in [0.717, 1.165) is 43.2 Å². The summed E-state index contributed by atoms with van der Waals surface area (Å²) in [5.41, 5.74) is 11.0. The molecule has 1 unspecified atom stereocenters. The van der Waals surface area contributed by atoms with E-state index in [1.165, 1.54) is 38.9 Å². The van der Waals surface area contributed by atoms with Gasteiger partial charge in [-0.2, -0.15) is 0 Å². The molecule has 6 N–H and O–H groups in total. The van der Waals surface area contributed by atoms with Crippen LogP contribution in [0.4, 0.5) is 0 Å². The number of rotatable bonds is 27. The van der Waals surface area contributed by atoms with Crippen molar-refractivity contribution in [2.24, 2.45) is 76.9 Å². The lowest BCUT2D eigenvalue weighted by Crippen LogP contribution is -2.22. The SMILES string of the molecule is CC(C)[C@@H](C)C(=O)O.CC(C)[C@@H](Cc1ccccc1)C(=O)O.Cc1ccc(C[C@@H](C(=O)O)C(C)C)cc1.Cc1ccc(C[C@@H](CC(=O)O)C(C)C)cc1.Cc1ccc(C[C@@H](CC(C)C(=O)O)C(C)C)cc1.Cc1ccc(C[C@@H](CCC(=O)O)C(C)C)cc1. The molecule has 0 saturated carbocycles. The van der Waals surface area contributed by atoms with Gasteiger partial charge in [0.25, 0.3) is 0 Å². The van der Waals surface area contributed by atoms with E-state index in [2.05, 4.69) is 135 Å². The first-order valence-electron chi connectivity index (χ1n) is 31.6. The Kier molecular flexibility index (Phi) is 40.0. The Bertz CT molecular complexity index is 2720. The molecule has 0 aliphatic rings. The van der Waals surface area contributed by atoms with E-state index in [4.69, 9.17) is 30.6 Å². The van der Waals surface area contributed by atoms with Crippen molar-refractivity contribution < 1.29 is 59.4 Å². The molecule has 5 aromatic carbocycles. The normalized spacial score (nSPS) is 13.2. The predicted molar refractivity (Wildman–Crippen MR) is 359 cm³/mol. The lowest BCUT2D eigenvalue weighted by molar-refractivity contribution is -0.144. The fourth-order valence-electron chi connectivity index (χ4n) is 9.32. The largest absolute Gasteiger partial charge is 0.481 e. The number of hydrogen-bond donors (Lipinski definition) is 6. The second-order valence-electron chi connectivity index (χ2n) is 26.2. The molecule has 0 saturated heterocycles. The quantitative estimate of drug-likeness (QED) is 0.0289. The van der Waals surface area contributed by atoms with Gasteiger partial charge in [0.05, 0.1) is 23.7 Å². The fraction of sp³-hybridized carbons (Fsp3) is 0.526. The smallest absolute Gasteiger partial charge is 0.307 e. The maximum Gasteiger partial charge on any atom is 0.307 e. The van der Waals surface area contributed by atoms with Crippen molar-refractivity contribution in [1.29, 1.82) is 0 Å². The van der Waals surface area contributed by atoms with Crippen LogP contribution in [0, 0.1) is 105 Å². The molecule has 0 heterocycles. The van der Waals surface area contributed by atoms with Crippen LogP contribution >= 0.6 is 0 Å². The molecule has 0 aliphatic carbocycles. The molecule has 0 fully saturated rings. The van der Waals surface area contributed by atoms with Crippen molar-refractivity contribution in [2.45, 2.75) is 182 Å². The Morgan fingerprint density at radius 2 is 0.625 bits per heavy atom. The summed E-state index contributed by atoms with van der Waals surface area (Å²) in [5, 5.41) is 53.0.